The van der Waals surface area contributed by atoms with Gasteiger partial charge in [-0.25, -0.2) is 4.39 Å². The van der Waals surface area contributed by atoms with E-state index in [1.807, 2.05) is 12.1 Å². The molecule has 0 spiro atoms. The van der Waals surface area contributed by atoms with Gasteiger partial charge >= 0.3 is 0 Å². The van der Waals surface area contributed by atoms with Crippen LogP contribution >= 0.6 is 15.9 Å². The second-order valence-electron chi connectivity index (χ2n) is 5.10. The van der Waals surface area contributed by atoms with Crippen LogP contribution in [0.15, 0.2) is 40.9 Å². The SMILES string of the molecule is Oc1ccc2c(c1)CCCC2Nc1ccc(F)c(Br)c1. The number of aryl methyl sites for hydroxylation is 1. The molecule has 0 saturated heterocycles. The van der Waals surface area contributed by atoms with Gasteiger partial charge in [0.1, 0.15) is 11.6 Å². The number of hydrogen-bond donors (Lipinski definition) is 2. The molecule has 0 amide bonds. The summed E-state index contributed by atoms with van der Waals surface area (Å²) < 4.78 is 13.7. The van der Waals surface area contributed by atoms with Crippen molar-refractivity contribution >= 4 is 21.6 Å². The molecule has 104 valence electrons. The van der Waals surface area contributed by atoms with Crippen LogP contribution in [0.25, 0.3) is 0 Å². The van der Waals surface area contributed by atoms with Crippen molar-refractivity contribution < 1.29 is 9.50 Å². The van der Waals surface area contributed by atoms with Crippen LogP contribution in [-0.4, -0.2) is 5.11 Å². The molecule has 0 heterocycles. The van der Waals surface area contributed by atoms with Gasteiger partial charge in [-0.2, -0.15) is 0 Å². The summed E-state index contributed by atoms with van der Waals surface area (Å²) >= 11 is 3.20. The van der Waals surface area contributed by atoms with Gasteiger partial charge in [0.25, 0.3) is 0 Å². The Hall–Kier alpha value is -1.55. The second kappa shape index (κ2) is 5.44. The minimum absolute atomic E-state index is 0.205. The summed E-state index contributed by atoms with van der Waals surface area (Å²) in [6.07, 6.45) is 3.11. The van der Waals surface area contributed by atoms with E-state index in [4.69, 9.17) is 0 Å². The van der Waals surface area contributed by atoms with E-state index >= 15 is 0 Å². The molecular weight excluding hydrogens is 321 g/mol. The molecule has 4 heteroatoms. The first-order valence-electron chi connectivity index (χ1n) is 6.67. The number of aromatic hydroxyl groups is 1. The van der Waals surface area contributed by atoms with Crippen molar-refractivity contribution in [2.45, 2.75) is 25.3 Å². The number of phenols is 1. The van der Waals surface area contributed by atoms with E-state index in [0.717, 1.165) is 24.9 Å². The number of benzene rings is 2. The Morgan fingerprint density at radius 3 is 2.85 bits per heavy atom. The molecule has 0 aromatic heterocycles. The van der Waals surface area contributed by atoms with Gasteiger partial charge in [-0.1, -0.05) is 6.07 Å². The molecule has 0 bridgehead atoms. The highest BCUT2D eigenvalue weighted by molar-refractivity contribution is 9.10. The van der Waals surface area contributed by atoms with Gasteiger partial charge in [-0.05, 0) is 76.7 Å². The van der Waals surface area contributed by atoms with Crippen molar-refractivity contribution in [1.29, 1.82) is 0 Å². The zero-order valence-electron chi connectivity index (χ0n) is 10.9. The van der Waals surface area contributed by atoms with Crippen LogP contribution in [0.2, 0.25) is 0 Å². The average molecular weight is 336 g/mol. The molecule has 1 aliphatic carbocycles. The number of rotatable bonds is 2. The molecule has 0 fully saturated rings. The minimum atomic E-state index is -0.260. The molecule has 0 saturated carbocycles. The van der Waals surface area contributed by atoms with Crippen LogP contribution in [0.3, 0.4) is 0 Å². The lowest BCUT2D eigenvalue weighted by atomic mass is 9.87. The molecule has 0 radical (unpaired) electrons. The quantitative estimate of drug-likeness (QED) is 0.827. The molecule has 3 rings (SSSR count). The van der Waals surface area contributed by atoms with Crippen molar-refractivity contribution in [3.8, 4) is 5.75 Å². The summed E-state index contributed by atoms with van der Waals surface area (Å²) in [6, 6.07) is 10.7. The van der Waals surface area contributed by atoms with E-state index in [-0.39, 0.29) is 11.9 Å². The van der Waals surface area contributed by atoms with Crippen molar-refractivity contribution in [3.63, 3.8) is 0 Å². The fourth-order valence-electron chi connectivity index (χ4n) is 2.74. The number of hydrogen-bond acceptors (Lipinski definition) is 2. The second-order valence-corrected chi connectivity index (χ2v) is 5.96. The molecule has 20 heavy (non-hydrogen) atoms. The first-order chi connectivity index (χ1) is 9.63. The van der Waals surface area contributed by atoms with Crippen LogP contribution in [0.1, 0.15) is 30.0 Å². The van der Waals surface area contributed by atoms with Crippen molar-refractivity contribution in [2.75, 3.05) is 5.32 Å². The number of halogens is 2. The largest absolute Gasteiger partial charge is 0.508 e. The van der Waals surface area contributed by atoms with E-state index < -0.39 is 0 Å². The Labute approximate surface area is 125 Å². The van der Waals surface area contributed by atoms with Crippen molar-refractivity contribution in [1.82, 2.24) is 0 Å². The molecular formula is C16H15BrFNO. The fourth-order valence-corrected chi connectivity index (χ4v) is 3.12. The van der Waals surface area contributed by atoms with E-state index in [2.05, 4.69) is 21.2 Å². The van der Waals surface area contributed by atoms with E-state index in [1.54, 1.807) is 18.2 Å². The van der Waals surface area contributed by atoms with Crippen LogP contribution < -0.4 is 5.32 Å². The van der Waals surface area contributed by atoms with Gasteiger partial charge in [-0.3, -0.25) is 0 Å². The van der Waals surface area contributed by atoms with Gasteiger partial charge in [0, 0.05) is 5.69 Å². The third-order valence-electron chi connectivity index (χ3n) is 3.70. The highest BCUT2D eigenvalue weighted by Gasteiger charge is 2.20. The summed E-state index contributed by atoms with van der Waals surface area (Å²) in [5.41, 5.74) is 3.30. The van der Waals surface area contributed by atoms with Crippen LogP contribution in [0.4, 0.5) is 10.1 Å². The summed E-state index contributed by atoms with van der Waals surface area (Å²) in [4.78, 5) is 0. The lowest BCUT2D eigenvalue weighted by molar-refractivity contribution is 0.472. The maximum absolute atomic E-state index is 13.3. The average Bonchev–Trinajstić information content (AvgIpc) is 2.43. The minimum Gasteiger partial charge on any atom is -0.508 e. The van der Waals surface area contributed by atoms with Crippen molar-refractivity contribution in [3.05, 3.63) is 57.8 Å². The van der Waals surface area contributed by atoms with Gasteiger partial charge in [-0.15, -0.1) is 0 Å². The summed E-state index contributed by atoms with van der Waals surface area (Å²) in [5.74, 6) is 0.0541. The van der Waals surface area contributed by atoms with E-state index in [9.17, 15) is 9.50 Å². The highest BCUT2D eigenvalue weighted by Crippen LogP contribution is 2.34. The Kier molecular flexibility index (Phi) is 3.66. The van der Waals surface area contributed by atoms with Gasteiger partial charge in [0.2, 0.25) is 0 Å². The maximum Gasteiger partial charge on any atom is 0.137 e. The Balaban J connectivity index is 1.87. The van der Waals surface area contributed by atoms with Crippen LogP contribution in [0, 0.1) is 5.82 Å². The topological polar surface area (TPSA) is 32.3 Å². The van der Waals surface area contributed by atoms with Gasteiger partial charge in [0.05, 0.1) is 10.5 Å². The predicted molar refractivity (Wildman–Crippen MR) is 81.5 cm³/mol. The fraction of sp³-hybridized carbons (Fsp3) is 0.250. The third-order valence-corrected chi connectivity index (χ3v) is 4.31. The van der Waals surface area contributed by atoms with Crippen LogP contribution in [0.5, 0.6) is 5.75 Å². The zero-order valence-corrected chi connectivity index (χ0v) is 12.5. The Bertz CT molecular complexity index is 644. The molecule has 2 N–H and O–H groups in total. The Morgan fingerprint density at radius 1 is 1.20 bits per heavy atom. The Morgan fingerprint density at radius 2 is 2.05 bits per heavy atom. The zero-order chi connectivity index (χ0) is 14.1. The maximum atomic E-state index is 13.3. The summed E-state index contributed by atoms with van der Waals surface area (Å²) in [6.45, 7) is 0. The first kappa shape index (κ1) is 13.4. The number of fused-ring (bicyclic) bond motifs is 1. The number of phenolic OH excluding ortho intramolecular Hbond substituents is 1. The third kappa shape index (κ3) is 2.66. The molecule has 2 aromatic carbocycles. The summed E-state index contributed by atoms with van der Waals surface area (Å²) in [7, 11) is 0. The lowest BCUT2D eigenvalue weighted by Gasteiger charge is -2.27. The van der Waals surface area contributed by atoms with E-state index in [0.29, 0.717) is 10.2 Å². The van der Waals surface area contributed by atoms with Gasteiger partial charge < -0.3 is 10.4 Å². The highest BCUT2D eigenvalue weighted by atomic mass is 79.9. The first-order valence-corrected chi connectivity index (χ1v) is 7.46. The normalized spacial score (nSPS) is 17.6. The molecule has 1 atom stereocenters. The monoisotopic (exact) mass is 335 g/mol. The number of anilines is 1. The molecule has 1 aliphatic rings. The summed E-state index contributed by atoms with van der Waals surface area (Å²) in [5, 5.41) is 13.0. The molecule has 2 aromatic rings. The predicted octanol–water partition coefficient (Wildman–Crippen LogP) is 4.78. The molecule has 0 aliphatic heterocycles. The van der Waals surface area contributed by atoms with E-state index in [1.165, 1.54) is 17.2 Å². The molecule has 2 nitrogen and oxygen atoms in total. The smallest absolute Gasteiger partial charge is 0.137 e. The van der Waals surface area contributed by atoms with Crippen LogP contribution in [-0.2, 0) is 6.42 Å². The van der Waals surface area contributed by atoms with Gasteiger partial charge in [0.15, 0.2) is 0 Å². The lowest BCUT2D eigenvalue weighted by Crippen LogP contribution is -2.17. The number of nitrogens with one attached hydrogen (secondary N) is 1. The van der Waals surface area contributed by atoms with Crippen molar-refractivity contribution in [2.24, 2.45) is 0 Å². The standard InChI is InChI=1S/C16H15BrFNO/c17-14-9-11(4-7-15(14)18)19-16-3-1-2-10-8-12(20)5-6-13(10)16/h4-9,16,19-20H,1-3H2. The molecule has 1 unspecified atom stereocenters.